The minimum Gasteiger partial charge on any atom is -0.379 e. The lowest BCUT2D eigenvalue weighted by Gasteiger charge is -2.33. The van der Waals surface area contributed by atoms with E-state index < -0.39 is 12.1 Å². The van der Waals surface area contributed by atoms with Gasteiger partial charge in [0.25, 0.3) is 5.91 Å². The molecule has 32 heavy (non-hydrogen) atoms. The lowest BCUT2D eigenvalue weighted by molar-refractivity contribution is -0.677. The van der Waals surface area contributed by atoms with Crippen LogP contribution in [0.1, 0.15) is 17.3 Å². The van der Waals surface area contributed by atoms with Crippen molar-refractivity contribution in [2.45, 2.75) is 26.1 Å². The Labute approximate surface area is 185 Å². The number of halogens is 1. The zero-order valence-electron chi connectivity index (χ0n) is 18.2. The summed E-state index contributed by atoms with van der Waals surface area (Å²) in [6, 6.07) is 4.70. The summed E-state index contributed by atoms with van der Waals surface area (Å²) in [7, 11) is 1.63. The Hall–Kier alpha value is -3.11. The summed E-state index contributed by atoms with van der Waals surface area (Å²) in [5, 5.41) is 0. The molecule has 0 bridgehead atoms. The first-order valence-corrected chi connectivity index (χ1v) is 10.8. The van der Waals surface area contributed by atoms with Crippen LogP contribution in [-0.4, -0.2) is 76.9 Å². The highest BCUT2D eigenvalue weighted by Gasteiger charge is 2.53. The number of hydrogen-bond donors (Lipinski definition) is 0. The first kappa shape index (κ1) is 20.8. The first-order chi connectivity index (χ1) is 15.4. The maximum Gasteiger partial charge on any atom is 0.401 e. The Morgan fingerprint density at radius 3 is 2.59 bits per heavy atom. The number of aryl methyl sites for hydroxylation is 1. The number of benzene rings is 1. The molecule has 5 rings (SSSR count). The number of urea groups is 1. The van der Waals surface area contributed by atoms with Crippen molar-refractivity contribution in [3.8, 4) is 0 Å². The number of nitrogens with zero attached hydrogens (tertiary/aromatic N) is 6. The second-order valence-corrected chi connectivity index (χ2v) is 8.35. The van der Waals surface area contributed by atoms with E-state index >= 15 is 0 Å². The second-order valence-electron chi connectivity index (χ2n) is 8.35. The molecular formula is C22H26FN6O3+. The van der Waals surface area contributed by atoms with Gasteiger partial charge in [-0.05, 0) is 24.6 Å². The Balaban J connectivity index is 1.41. The number of fused-ring (bicyclic) bond motifs is 3. The number of hydrogen-bond acceptors (Lipinski definition) is 5. The number of amidine groups is 1. The number of aliphatic imine (C=N–C) groups is 1. The van der Waals surface area contributed by atoms with Gasteiger partial charge in [-0.2, -0.15) is 0 Å². The number of imidazole rings is 1. The highest BCUT2D eigenvalue weighted by atomic mass is 19.1. The molecule has 0 spiro atoms. The first-order valence-electron chi connectivity index (χ1n) is 10.8. The van der Waals surface area contributed by atoms with Crippen LogP contribution in [0.15, 0.2) is 35.5 Å². The molecule has 2 fully saturated rings. The van der Waals surface area contributed by atoms with Crippen LogP contribution >= 0.6 is 0 Å². The van der Waals surface area contributed by atoms with Gasteiger partial charge in [0.2, 0.25) is 11.9 Å². The standard InChI is InChI=1S/C22H26FN6O3/c1-15-13-28-18-19(24-21(28)27(15)8-7-26-9-11-32-12-10-26)25(2)22(31)29(20(18)30)14-16-3-5-17(23)6-4-16/h3-6,13,18H,7-12,14H2,1-2H3/q+1. The van der Waals surface area contributed by atoms with Gasteiger partial charge in [0.1, 0.15) is 17.7 Å². The molecule has 0 aliphatic carbocycles. The van der Waals surface area contributed by atoms with Crippen LogP contribution in [0.3, 0.4) is 0 Å². The molecule has 4 heterocycles. The summed E-state index contributed by atoms with van der Waals surface area (Å²) in [5.74, 6) is 0.421. The van der Waals surface area contributed by atoms with Gasteiger partial charge in [-0.25, -0.2) is 18.3 Å². The molecule has 2 aromatic rings. The lowest BCUT2D eigenvalue weighted by Crippen LogP contribution is -2.62. The molecular weight excluding hydrogens is 415 g/mol. The van der Waals surface area contributed by atoms with Crippen LogP contribution in [0.2, 0.25) is 0 Å². The van der Waals surface area contributed by atoms with Gasteiger partial charge < -0.3 is 4.74 Å². The average Bonchev–Trinajstić information content (AvgIpc) is 3.30. The largest absolute Gasteiger partial charge is 0.401 e. The van der Waals surface area contributed by atoms with E-state index in [1.54, 1.807) is 19.2 Å². The van der Waals surface area contributed by atoms with E-state index in [1.165, 1.54) is 21.9 Å². The predicted octanol–water partition coefficient (Wildman–Crippen LogP) is 1.23. The third-order valence-corrected chi connectivity index (χ3v) is 6.32. The van der Waals surface area contributed by atoms with Crippen LogP contribution in [0.4, 0.5) is 15.1 Å². The monoisotopic (exact) mass is 441 g/mol. The van der Waals surface area contributed by atoms with Crippen molar-refractivity contribution in [1.29, 1.82) is 0 Å². The number of aromatic nitrogens is 2. The van der Waals surface area contributed by atoms with Crippen LogP contribution in [-0.2, 0) is 22.6 Å². The van der Waals surface area contributed by atoms with Crippen LogP contribution < -0.4 is 4.57 Å². The molecule has 9 nitrogen and oxygen atoms in total. The van der Waals surface area contributed by atoms with Crippen molar-refractivity contribution in [2.24, 2.45) is 4.99 Å². The van der Waals surface area contributed by atoms with Crippen molar-refractivity contribution in [2.75, 3.05) is 39.9 Å². The molecule has 3 aliphatic heterocycles. The van der Waals surface area contributed by atoms with Gasteiger partial charge in [-0.1, -0.05) is 17.1 Å². The van der Waals surface area contributed by atoms with E-state index in [4.69, 9.17) is 9.73 Å². The fourth-order valence-corrected chi connectivity index (χ4v) is 4.49. The summed E-state index contributed by atoms with van der Waals surface area (Å²) in [6.45, 7) is 6.97. The third-order valence-electron chi connectivity index (χ3n) is 6.32. The van der Waals surface area contributed by atoms with Crippen molar-refractivity contribution in [3.63, 3.8) is 0 Å². The molecule has 1 atom stereocenters. The molecule has 1 aromatic carbocycles. The summed E-state index contributed by atoms with van der Waals surface area (Å²) in [5.41, 5.74) is 1.69. The molecule has 1 aromatic heterocycles. The number of imide groups is 1. The van der Waals surface area contributed by atoms with Crippen LogP contribution in [0, 0.1) is 12.7 Å². The molecule has 3 aliphatic rings. The molecule has 2 saturated heterocycles. The predicted molar refractivity (Wildman–Crippen MR) is 113 cm³/mol. The van der Waals surface area contributed by atoms with Gasteiger partial charge in [-0.3, -0.25) is 19.5 Å². The topological polar surface area (TPSA) is 74.3 Å². The van der Waals surface area contributed by atoms with E-state index in [0.29, 0.717) is 17.3 Å². The number of likely N-dealkylation sites (N-methyl/N-ethyl adjacent to an activating group) is 1. The number of morpholine rings is 1. The number of ether oxygens (including phenoxy) is 1. The zero-order valence-corrected chi connectivity index (χ0v) is 18.2. The van der Waals surface area contributed by atoms with Crippen molar-refractivity contribution >= 4 is 23.7 Å². The molecule has 0 radical (unpaired) electrons. The number of carbonyl (C=O) groups is 2. The van der Waals surface area contributed by atoms with Crippen LogP contribution in [0.25, 0.3) is 0 Å². The lowest BCUT2D eigenvalue weighted by atomic mass is 10.1. The Morgan fingerprint density at radius 1 is 1.16 bits per heavy atom. The third kappa shape index (κ3) is 3.49. The Morgan fingerprint density at radius 2 is 1.88 bits per heavy atom. The molecule has 1 unspecified atom stereocenters. The second kappa shape index (κ2) is 8.10. The molecule has 3 amide bonds. The fraction of sp³-hybridized carbons (Fsp3) is 0.455. The van der Waals surface area contributed by atoms with E-state index in [0.717, 1.165) is 45.1 Å². The minimum atomic E-state index is -0.684. The Bertz CT molecular complexity index is 1090. The van der Waals surface area contributed by atoms with Crippen LogP contribution in [0.5, 0.6) is 0 Å². The molecule has 0 saturated carbocycles. The number of carbonyl (C=O) groups excluding carboxylic acids is 2. The van der Waals surface area contributed by atoms with Gasteiger partial charge >= 0.3 is 12.0 Å². The maximum atomic E-state index is 13.4. The summed E-state index contributed by atoms with van der Waals surface area (Å²) >= 11 is 0. The van der Waals surface area contributed by atoms with Crippen molar-refractivity contribution in [3.05, 3.63) is 47.5 Å². The van der Waals surface area contributed by atoms with Gasteiger partial charge in [0, 0.05) is 26.7 Å². The smallest absolute Gasteiger partial charge is 0.379 e. The van der Waals surface area contributed by atoms with Gasteiger partial charge in [-0.15, -0.1) is 0 Å². The Kier molecular flexibility index (Phi) is 5.26. The van der Waals surface area contributed by atoms with E-state index in [-0.39, 0.29) is 18.3 Å². The normalized spacial score (nSPS) is 21.1. The minimum absolute atomic E-state index is 0.0820. The number of amides is 3. The summed E-state index contributed by atoms with van der Waals surface area (Å²) in [6.07, 6.45) is 1.92. The quantitative estimate of drug-likeness (QED) is 0.655. The zero-order chi connectivity index (χ0) is 22.4. The molecule has 10 heteroatoms. The van der Waals surface area contributed by atoms with Crippen molar-refractivity contribution in [1.82, 2.24) is 19.3 Å². The van der Waals surface area contributed by atoms with Gasteiger partial charge in [0.05, 0.1) is 26.3 Å². The van der Waals surface area contributed by atoms with E-state index in [2.05, 4.69) is 9.47 Å². The fourth-order valence-electron chi connectivity index (χ4n) is 4.49. The van der Waals surface area contributed by atoms with E-state index in [1.807, 2.05) is 17.7 Å². The summed E-state index contributed by atoms with van der Waals surface area (Å²) < 4.78 is 22.6. The average molecular weight is 441 g/mol. The molecule has 168 valence electrons. The maximum absolute atomic E-state index is 13.4. The van der Waals surface area contributed by atoms with Gasteiger partial charge in [0.15, 0.2) is 0 Å². The highest BCUT2D eigenvalue weighted by molar-refractivity contribution is 6.18. The van der Waals surface area contributed by atoms with Crippen molar-refractivity contribution < 1.29 is 23.3 Å². The number of rotatable bonds is 5. The summed E-state index contributed by atoms with van der Waals surface area (Å²) in [4.78, 5) is 36.0. The molecule has 0 N–H and O–H groups in total. The SMILES string of the molecule is Cc1c[n+]2c(n1CCN1CCOCC1)N=C1C2C(=O)N(Cc2ccc(F)cc2)C(=O)N1C. The highest BCUT2D eigenvalue weighted by Crippen LogP contribution is 2.30. The van der Waals surface area contributed by atoms with E-state index in [9.17, 15) is 14.0 Å².